The molecule has 23 heavy (non-hydrogen) atoms. The Bertz CT molecular complexity index is 704. The molecule has 0 aliphatic heterocycles. The molecule has 0 heterocycles. The monoisotopic (exact) mass is 334 g/mol. The van der Waals surface area contributed by atoms with Gasteiger partial charge in [-0.2, -0.15) is 8.42 Å². The summed E-state index contributed by atoms with van der Waals surface area (Å²) in [4.78, 5) is 0.167. The van der Waals surface area contributed by atoms with Crippen molar-refractivity contribution in [1.29, 1.82) is 0 Å². The molecule has 2 rings (SSSR count). The SMILES string of the molecule is CCCc1ccc(S(=O)(=O)Oc2ccc(CCOC)cc2)cc1. The molecular weight excluding hydrogens is 312 g/mol. The molecule has 2 aromatic carbocycles. The van der Waals surface area contributed by atoms with Gasteiger partial charge in [-0.1, -0.05) is 37.6 Å². The summed E-state index contributed by atoms with van der Waals surface area (Å²) >= 11 is 0. The molecule has 2 aromatic rings. The number of benzene rings is 2. The van der Waals surface area contributed by atoms with Gasteiger partial charge in [0.1, 0.15) is 10.6 Å². The number of aryl methyl sites for hydroxylation is 1. The quantitative estimate of drug-likeness (QED) is 0.692. The summed E-state index contributed by atoms with van der Waals surface area (Å²) in [6.45, 7) is 2.71. The van der Waals surface area contributed by atoms with Crippen LogP contribution in [0.2, 0.25) is 0 Å². The van der Waals surface area contributed by atoms with E-state index in [0.29, 0.717) is 12.4 Å². The summed E-state index contributed by atoms with van der Waals surface area (Å²) in [5.41, 5.74) is 2.19. The Morgan fingerprint density at radius 1 is 0.870 bits per heavy atom. The fourth-order valence-corrected chi connectivity index (χ4v) is 3.15. The van der Waals surface area contributed by atoms with Crippen LogP contribution in [0.3, 0.4) is 0 Å². The Kier molecular flexibility index (Phi) is 6.19. The van der Waals surface area contributed by atoms with Gasteiger partial charge >= 0.3 is 10.1 Å². The molecule has 0 fully saturated rings. The fourth-order valence-electron chi connectivity index (χ4n) is 2.22. The first-order valence-corrected chi connectivity index (χ1v) is 9.07. The Labute approximate surface area is 138 Å². The van der Waals surface area contributed by atoms with Crippen LogP contribution in [0.1, 0.15) is 24.5 Å². The predicted octanol–water partition coefficient (Wildman–Crippen LogP) is 3.60. The first-order valence-electron chi connectivity index (χ1n) is 7.66. The molecule has 0 amide bonds. The summed E-state index contributed by atoms with van der Waals surface area (Å²) < 4.78 is 34.8. The third-order valence-corrected chi connectivity index (χ3v) is 4.74. The number of ether oxygens (including phenoxy) is 1. The second kappa shape index (κ2) is 8.13. The summed E-state index contributed by atoms with van der Waals surface area (Å²) in [5.74, 6) is 0.309. The Morgan fingerprint density at radius 2 is 1.43 bits per heavy atom. The van der Waals surface area contributed by atoms with Gasteiger partial charge < -0.3 is 8.92 Å². The zero-order valence-corrected chi connectivity index (χ0v) is 14.3. The number of hydrogen-bond acceptors (Lipinski definition) is 4. The van der Waals surface area contributed by atoms with E-state index in [1.165, 1.54) is 0 Å². The van der Waals surface area contributed by atoms with Crippen LogP contribution in [0, 0.1) is 0 Å². The average Bonchev–Trinajstić information content (AvgIpc) is 2.55. The van der Waals surface area contributed by atoms with Crippen LogP contribution < -0.4 is 4.18 Å². The van der Waals surface area contributed by atoms with Crippen molar-refractivity contribution in [3.8, 4) is 5.75 Å². The largest absolute Gasteiger partial charge is 0.384 e. The molecule has 0 unspecified atom stereocenters. The van der Waals surface area contributed by atoms with Crippen molar-refractivity contribution in [2.45, 2.75) is 31.1 Å². The maximum Gasteiger partial charge on any atom is 0.339 e. The van der Waals surface area contributed by atoms with Gasteiger partial charge in [0.05, 0.1) is 6.61 Å². The van der Waals surface area contributed by atoms with Crippen molar-refractivity contribution in [2.24, 2.45) is 0 Å². The minimum atomic E-state index is -3.80. The summed E-state index contributed by atoms with van der Waals surface area (Å²) in [6.07, 6.45) is 2.74. The molecule has 0 aromatic heterocycles. The van der Waals surface area contributed by atoms with Crippen LogP contribution in [-0.2, 0) is 27.7 Å². The van der Waals surface area contributed by atoms with E-state index in [1.54, 1.807) is 31.4 Å². The molecule has 0 bridgehead atoms. The van der Waals surface area contributed by atoms with E-state index in [-0.39, 0.29) is 4.90 Å². The molecule has 0 atom stereocenters. The van der Waals surface area contributed by atoms with Gasteiger partial charge in [0.2, 0.25) is 0 Å². The third kappa shape index (κ3) is 5.08. The van der Waals surface area contributed by atoms with Crippen molar-refractivity contribution in [2.75, 3.05) is 13.7 Å². The van der Waals surface area contributed by atoms with Crippen molar-refractivity contribution < 1.29 is 17.3 Å². The lowest BCUT2D eigenvalue weighted by Gasteiger charge is -2.08. The molecule has 0 radical (unpaired) electrons. The van der Waals surface area contributed by atoms with E-state index < -0.39 is 10.1 Å². The smallest absolute Gasteiger partial charge is 0.339 e. The number of rotatable bonds is 8. The van der Waals surface area contributed by atoms with Gasteiger partial charge in [0.25, 0.3) is 0 Å². The average molecular weight is 334 g/mol. The molecule has 0 N–H and O–H groups in total. The third-order valence-electron chi connectivity index (χ3n) is 3.47. The van der Waals surface area contributed by atoms with Crippen LogP contribution >= 0.6 is 0 Å². The second-order valence-corrected chi connectivity index (χ2v) is 6.86. The highest BCUT2D eigenvalue weighted by Gasteiger charge is 2.16. The van der Waals surface area contributed by atoms with Crippen molar-refractivity contribution >= 4 is 10.1 Å². The highest BCUT2D eigenvalue weighted by atomic mass is 32.2. The highest BCUT2D eigenvalue weighted by Crippen LogP contribution is 2.20. The number of hydrogen-bond donors (Lipinski definition) is 0. The van der Waals surface area contributed by atoms with E-state index in [2.05, 4.69) is 6.92 Å². The molecule has 0 saturated heterocycles. The van der Waals surface area contributed by atoms with Gasteiger partial charge in [-0.15, -0.1) is 0 Å². The van der Waals surface area contributed by atoms with Crippen LogP contribution in [0.25, 0.3) is 0 Å². The topological polar surface area (TPSA) is 52.6 Å². The Balaban J connectivity index is 2.08. The predicted molar refractivity (Wildman–Crippen MR) is 90.3 cm³/mol. The molecule has 0 spiro atoms. The molecule has 0 aliphatic carbocycles. The first kappa shape index (κ1) is 17.5. The van der Waals surface area contributed by atoms with Crippen molar-refractivity contribution in [3.05, 3.63) is 59.7 Å². The summed E-state index contributed by atoms with van der Waals surface area (Å²) in [7, 11) is -2.15. The summed E-state index contributed by atoms with van der Waals surface area (Å²) in [5, 5.41) is 0. The van der Waals surface area contributed by atoms with Crippen LogP contribution in [0.15, 0.2) is 53.4 Å². The fraction of sp³-hybridized carbons (Fsp3) is 0.333. The zero-order valence-electron chi connectivity index (χ0n) is 13.5. The maximum absolute atomic E-state index is 12.3. The van der Waals surface area contributed by atoms with Crippen LogP contribution in [-0.4, -0.2) is 22.1 Å². The van der Waals surface area contributed by atoms with E-state index in [0.717, 1.165) is 30.4 Å². The first-order chi connectivity index (χ1) is 11.0. The lowest BCUT2D eigenvalue weighted by Crippen LogP contribution is -2.09. The highest BCUT2D eigenvalue weighted by molar-refractivity contribution is 7.87. The maximum atomic E-state index is 12.3. The molecule has 5 heteroatoms. The minimum absolute atomic E-state index is 0.167. The zero-order chi connectivity index (χ0) is 16.7. The van der Waals surface area contributed by atoms with Gasteiger partial charge in [0, 0.05) is 7.11 Å². The Hall–Kier alpha value is -1.85. The van der Waals surface area contributed by atoms with Gasteiger partial charge in [-0.3, -0.25) is 0 Å². The number of methoxy groups -OCH3 is 1. The van der Waals surface area contributed by atoms with E-state index in [4.69, 9.17) is 8.92 Å². The standard InChI is InChI=1S/C18H22O4S/c1-3-4-15-7-11-18(12-8-15)23(19,20)22-17-9-5-16(6-10-17)13-14-21-2/h5-12H,3-4,13-14H2,1-2H3. The molecule has 0 saturated carbocycles. The molecule has 0 aliphatic rings. The normalized spacial score (nSPS) is 11.4. The molecule has 4 nitrogen and oxygen atoms in total. The van der Waals surface area contributed by atoms with Gasteiger partial charge in [-0.05, 0) is 48.2 Å². The van der Waals surface area contributed by atoms with Crippen LogP contribution in [0.4, 0.5) is 0 Å². The lowest BCUT2D eigenvalue weighted by molar-refractivity contribution is 0.202. The Morgan fingerprint density at radius 3 is 2.00 bits per heavy atom. The van der Waals surface area contributed by atoms with Gasteiger partial charge in [0.15, 0.2) is 0 Å². The minimum Gasteiger partial charge on any atom is -0.384 e. The van der Waals surface area contributed by atoms with Crippen molar-refractivity contribution in [1.82, 2.24) is 0 Å². The molecular formula is C18H22O4S. The molecule has 124 valence electrons. The van der Waals surface area contributed by atoms with E-state index >= 15 is 0 Å². The van der Waals surface area contributed by atoms with Crippen LogP contribution in [0.5, 0.6) is 5.75 Å². The van der Waals surface area contributed by atoms with Crippen molar-refractivity contribution in [3.63, 3.8) is 0 Å². The lowest BCUT2D eigenvalue weighted by atomic mass is 10.1. The van der Waals surface area contributed by atoms with Gasteiger partial charge in [-0.25, -0.2) is 0 Å². The second-order valence-electron chi connectivity index (χ2n) is 5.32. The van der Waals surface area contributed by atoms with E-state index in [1.807, 2.05) is 24.3 Å². The van der Waals surface area contributed by atoms with E-state index in [9.17, 15) is 8.42 Å². The summed E-state index contributed by atoms with van der Waals surface area (Å²) in [6, 6.07) is 13.8.